The van der Waals surface area contributed by atoms with Crippen LogP contribution in [0.15, 0.2) is 16.7 Å². The second-order valence-corrected chi connectivity index (χ2v) is 3.54. The summed E-state index contributed by atoms with van der Waals surface area (Å²) in [5.41, 5.74) is 1.18. The largest absolute Gasteiger partial charge is 0.465 e. The van der Waals surface area contributed by atoms with Gasteiger partial charge in [0.05, 0.1) is 18.1 Å². The number of esters is 1. The first-order chi connectivity index (χ1) is 6.22. The molecule has 0 spiro atoms. The number of ether oxygens (including phenoxy) is 1. The summed E-state index contributed by atoms with van der Waals surface area (Å²) in [7, 11) is 6.94. The van der Waals surface area contributed by atoms with Gasteiger partial charge in [0, 0.05) is 6.07 Å². The molecule has 0 aromatic carbocycles. The minimum absolute atomic E-state index is 0.365. The highest BCUT2D eigenvalue weighted by molar-refractivity contribution is 7.21. The van der Waals surface area contributed by atoms with Crippen LogP contribution < -0.4 is 5.46 Å². The Hall–Kier alpha value is -1.23. The fourth-order valence-electron chi connectivity index (χ4n) is 1.04. The fraction of sp³-hybridized carbons (Fsp3) is 0.125. The van der Waals surface area contributed by atoms with Crippen LogP contribution >= 0.6 is 11.3 Å². The Labute approximate surface area is 79.7 Å². The van der Waals surface area contributed by atoms with Gasteiger partial charge in [0.25, 0.3) is 0 Å². The number of fused-ring (bicyclic) bond motifs is 1. The van der Waals surface area contributed by atoms with E-state index >= 15 is 0 Å². The summed E-state index contributed by atoms with van der Waals surface area (Å²) in [5.74, 6) is -0.365. The van der Waals surface area contributed by atoms with Gasteiger partial charge in [0.2, 0.25) is 0 Å². The number of hydrogen-bond donors (Lipinski definition) is 0. The van der Waals surface area contributed by atoms with Crippen molar-refractivity contribution < 1.29 is 13.9 Å². The standard InChI is InChI=1S/C8H5BO3S/c1-11-8(10)6-2-5-7(13-6)4(9)3-12-5/h2-3H,1H3. The molecular formula is C8H5BO3S. The number of furan rings is 1. The first-order valence-corrected chi connectivity index (χ1v) is 4.39. The van der Waals surface area contributed by atoms with E-state index in [4.69, 9.17) is 12.3 Å². The second-order valence-electron chi connectivity index (χ2n) is 2.49. The van der Waals surface area contributed by atoms with Gasteiger partial charge in [-0.1, -0.05) is 0 Å². The second kappa shape index (κ2) is 2.92. The molecule has 0 saturated carbocycles. The Balaban J connectivity index is 2.56. The fourth-order valence-corrected chi connectivity index (χ4v) is 1.97. The maximum atomic E-state index is 11.1. The summed E-state index contributed by atoms with van der Waals surface area (Å²) in [5, 5.41) is 0. The van der Waals surface area contributed by atoms with Crippen molar-refractivity contribution >= 4 is 40.9 Å². The van der Waals surface area contributed by atoms with E-state index in [1.165, 1.54) is 24.7 Å². The summed E-state index contributed by atoms with van der Waals surface area (Å²) >= 11 is 1.27. The topological polar surface area (TPSA) is 39.4 Å². The molecule has 2 rings (SSSR count). The lowest BCUT2D eigenvalue weighted by molar-refractivity contribution is 0.0606. The summed E-state index contributed by atoms with van der Waals surface area (Å²) in [4.78, 5) is 11.6. The minimum atomic E-state index is -0.365. The van der Waals surface area contributed by atoms with Crippen molar-refractivity contribution in [1.29, 1.82) is 0 Å². The van der Waals surface area contributed by atoms with Gasteiger partial charge in [-0.15, -0.1) is 11.3 Å². The zero-order valence-electron chi connectivity index (χ0n) is 6.87. The van der Waals surface area contributed by atoms with Crippen molar-refractivity contribution in [2.45, 2.75) is 0 Å². The molecule has 0 saturated heterocycles. The molecule has 0 fully saturated rings. The monoisotopic (exact) mass is 192 g/mol. The third-order valence-electron chi connectivity index (χ3n) is 1.66. The van der Waals surface area contributed by atoms with Crippen LogP contribution in [-0.2, 0) is 4.74 Å². The van der Waals surface area contributed by atoms with Crippen LogP contribution in [0.4, 0.5) is 0 Å². The third kappa shape index (κ3) is 1.25. The van der Waals surface area contributed by atoms with Gasteiger partial charge in [0.15, 0.2) is 0 Å². The molecule has 64 valence electrons. The van der Waals surface area contributed by atoms with Crippen LogP contribution in [0.1, 0.15) is 9.67 Å². The molecule has 0 amide bonds. The van der Waals surface area contributed by atoms with E-state index in [0.717, 1.165) is 4.70 Å². The van der Waals surface area contributed by atoms with E-state index in [-0.39, 0.29) is 5.97 Å². The van der Waals surface area contributed by atoms with Crippen molar-refractivity contribution in [3.63, 3.8) is 0 Å². The molecule has 0 aliphatic carbocycles. The molecule has 0 aliphatic heterocycles. The van der Waals surface area contributed by atoms with E-state index in [2.05, 4.69) is 4.74 Å². The molecule has 3 nitrogen and oxygen atoms in total. The first-order valence-electron chi connectivity index (χ1n) is 3.57. The van der Waals surface area contributed by atoms with Crippen molar-refractivity contribution in [3.05, 3.63) is 17.2 Å². The molecule has 0 N–H and O–H groups in total. The number of hydrogen-bond acceptors (Lipinski definition) is 4. The van der Waals surface area contributed by atoms with E-state index in [0.29, 0.717) is 15.9 Å². The number of carbonyl (C=O) groups is 1. The van der Waals surface area contributed by atoms with Gasteiger partial charge < -0.3 is 9.15 Å². The normalized spacial score (nSPS) is 10.5. The Morgan fingerprint density at radius 3 is 3.08 bits per heavy atom. The first kappa shape index (κ1) is 8.38. The maximum Gasteiger partial charge on any atom is 0.348 e. The molecule has 2 aromatic heterocycles. The molecule has 0 unspecified atom stereocenters. The SMILES string of the molecule is [B]c1coc2cc(C(=O)OC)sc12. The molecule has 2 radical (unpaired) electrons. The summed E-state index contributed by atoms with van der Waals surface area (Å²) in [6.45, 7) is 0. The van der Waals surface area contributed by atoms with Crippen LogP contribution in [0.2, 0.25) is 0 Å². The molecular weight excluding hydrogens is 187 g/mol. The minimum Gasteiger partial charge on any atom is -0.465 e. The van der Waals surface area contributed by atoms with E-state index in [1.54, 1.807) is 6.07 Å². The molecule has 13 heavy (non-hydrogen) atoms. The van der Waals surface area contributed by atoms with Crippen molar-refractivity contribution in [3.8, 4) is 0 Å². The summed E-state index contributed by atoms with van der Waals surface area (Å²) < 4.78 is 10.5. The Morgan fingerprint density at radius 1 is 1.69 bits per heavy atom. The van der Waals surface area contributed by atoms with Crippen LogP contribution in [0.5, 0.6) is 0 Å². The van der Waals surface area contributed by atoms with E-state index in [9.17, 15) is 4.79 Å². The highest BCUT2D eigenvalue weighted by atomic mass is 32.1. The number of thiophene rings is 1. The molecule has 2 aromatic rings. The smallest absolute Gasteiger partial charge is 0.348 e. The van der Waals surface area contributed by atoms with E-state index in [1.807, 2.05) is 0 Å². The van der Waals surface area contributed by atoms with Crippen molar-refractivity contribution in [2.24, 2.45) is 0 Å². The number of rotatable bonds is 1. The average Bonchev–Trinajstić information content (AvgIpc) is 2.67. The molecule has 0 aliphatic rings. The van der Waals surface area contributed by atoms with Gasteiger partial charge in [-0.25, -0.2) is 4.79 Å². The van der Waals surface area contributed by atoms with Gasteiger partial charge in [-0.2, -0.15) is 0 Å². The summed E-state index contributed by atoms with van der Waals surface area (Å²) in [6.07, 6.45) is 1.46. The van der Waals surface area contributed by atoms with Gasteiger partial charge in [-0.05, 0) is 5.46 Å². The molecule has 0 atom stereocenters. The van der Waals surface area contributed by atoms with Crippen molar-refractivity contribution in [1.82, 2.24) is 0 Å². The number of methoxy groups -OCH3 is 1. The van der Waals surface area contributed by atoms with Crippen molar-refractivity contribution in [2.75, 3.05) is 7.11 Å². The Bertz CT molecular complexity index is 457. The highest BCUT2D eigenvalue weighted by Crippen LogP contribution is 2.24. The predicted octanol–water partition coefficient (Wildman–Crippen LogP) is 1.07. The van der Waals surface area contributed by atoms with Gasteiger partial charge in [-0.3, -0.25) is 0 Å². The lowest BCUT2D eigenvalue weighted by Crippen LogP contribution is -1.97. The zero-order chi connectivity index (χ0) is 9.42. The van der Waals surface area contributed by atoms with Gasteiger partial charge in [0.1, 0.15) is 18.3 Å². The molecule has 0 bridgehead atoms. The zero-order valence-corrected chi connectivity index (χ0v) is 7.68. The molecule has 5 heteroatoms. The maximum absolute atomic E-state index is 11.1. The Kier molecular flexibility index (Phi) is 1.88. The lowest BCUT2D eigenvalue weighted by Gasteiger charge is -1.91. The Morgan fingerprint density at radius 2 is 2.46 bits per heavy atom. The highest BCUT2D eigenvalue weighted by Gasteiger charge is 2.13. The van der Waals surface area contributed by atoms with E-state index < -0.39 is 0 Å². The predicted molar refractivity (Wildman–Crippen MR) is 50.8 cm³/mol. The molecule has 2 heterocycles. The quantitative estimate of drug-likeness (QED) is 0.501. The third-order valence-corrected chi connectivity index (χ3v) is 2.81. The average molecular weight is 192 g/mol. The number of carbonyl (C=O) groups excluding carboxylic acids is 1. The van der Waals surface area contributed by atoms with Crippen LogP contribution in [-0.4, -0.2) is 20.9 Å². The summed E-state index contributed by atoms with van der Waals surface area (Å²) in [6, 6.07) is 1.63. The van der Waals surface area contributed by atoms with Crippen LogP contribution in [0.3, 0.4) is 0 Å². The van der Waals surface area contributed by atoms with Crippen LogP contribution in [0.25, 0.3) is 10.3 Å². The lowest BCUT2D eigenvalue weighted by atomic mass is 10.0. The van der Waals surface area contributed by atoms with Crippen LogP contribution in [0, 0.1) is 0 Å². The van der Waals surface area contributed by atoms with Gasteiger partial charge >= 0.3 is 5.97 Å².